The Labute approximate surface area is 546 Å². The van der Waals surface area contributed by atoms with Crippen molar-refractivity contribution in [1.29, 1.82) is 0 Å². The summed E-state index contributed by atoms with van der Waals surface area (Å²) in [4.78, 5) is 26.7. The van der Waals surface area contributed by atoms with E-state index in [4.69, 9.17) is 14.2 Å². The van der Waals surface area contributed by atoms with E-state index in [9.17, 15) is 35.1 Å². The van der Waals surface area contributed by atoms with Crippen LogP contribution in [0.25, 0.3) is 0 Å². The maximum atomic E-state index is 13.5. The van der Waals surface area contributed by atoms with Gasteiger partial charge in [0.1, 0.15) is 24.4 Å². The molecule has 0 aromatic heterocycles. The van der Waals surface area contributed by atoms with Crippen LogP contribution in [0.15, 0.2) is 97.2 Å². The number of nitrogens with one attached hydrogen (secondary N) is 1. The lowest BCUT2D eigenvalue weighted by Crippen LogP contribution is -2.61. The van der Waals surface area contributed by atoms with Gasteiger partial charge in [-0.3, -0.25) is 9.59 Å². The number of aliphatic hydroxyl groups is 5. The van der Waals surface area contributed by atoms with Gasteiger partial charge >= 0.3 is 5.97 Å². The number of hydrogen-bond acceptors (Lipinski definition) is 10. The molecule has 1 saturated heterocycles. The number of aliphatic hydroxyl groups excluding tert-OH is 5. The van der Waals surface area contributed by atoms with Crippen molar-refractivity contribution in [2.45, 2.75) is 372 Å². The van der Waals surface area contributed by atoms with Crippen molar-refractivity contribution in [3.8, 4) is 0 Å². The zero-order chi connectivity index (χ0) is 64.6. The maximum Gasteiger partial charge on any atom is 0.306 e. The summed E-state index contributed by atoms with van der Waals surface area (Å²) in [5, 5.41) is 57.3. The van der Waals surface area contributed by atoms with Gasteiger partial charge in [0.15, 0.2) is 12.4 Å². The molecule has 1 amide bonds. The summed E-state index contributed by atoms with van der Waals surface area (Å²) in [5.74, 6) is -1.20. The number of hydrogen-bond donors (Lipinski definition) is 6. The normalized spacial score (nSPS) is 18.7. The van der Waals surface area contributed by atoms with Gasteiger partial charge in [-0.05, 0) is 109 Å². The number of ether oxygens (including phenoxy) is 3. The largest absolute Gasteiger partial charge is 0.454 e. The highest BCUT2D eigenvalue weighted by atomic mass is 16.7. The minimum atomic E-state index is -1.62. The Balaban J connectivity index is 2.54. The van der Waals surface area contributed by atoms with Crippen LogP contribution in [0.4, 0.5) is 0 Å². The Morgan fingerprint density at radius 3 is 1.18 bits per heavy atom. The fraction of sp³-hybridized carbons (Fsp3) is 0.769. The van der Waals surface area contributed by atoms with Crippen LogP contribution in [0.1, 0.15) is 323 Å². The highest BCUT2D eigenvalue weighted by molar-refractivity contribution is 5.80. The van der Waals surface area contributed by atoms with Gasteiger partial charge < -0.3 is 45.1 Å². The molecular weight excluding hydrogens is 1110 g/mol. The average molecular weight is 1250 g/mol. The summed E-state index contributed by atoms with van der Waals surface area (Å²) >= 11 is 0. The molecular formula is C78H137NO10. The summed E-state index contributed by atoms with van der Waals surface area (Å²) in [6, 6.07) is -1.03. The van der Waals surface area contributed by atoms with E-state index >= 15 is 0 Å². The first-order valence-corrected chi connectivity index (χ1v) is 37.0. The minimum Gasteiger partial charge on any atom is -0.454 e. The molecule has 1 rings (SSSR count). The third-order valence-corrected chi connectivity index (χ3v) is 17.0. The van der Waals surface area contributed by atoms with E-state index in [-0.39, 0.29) is 19.4 Å². The second-order valence-corrected chi connectivity index (χ2v) is 25.3. The van der Waals surface area contributed by atoms with Crippen molar-refractivity contribution in [3.63, 3.8) is 0 Å². The van der Waals surface area contributed by atoms with Gasteiger partial charge in [0.25, 0.3) is 0 Å². The molecule has 0 bridgehead atoms. The van der Waals surface area contributed by atoms with Crippen LogP contribution in [-0.2, 0) is 23.8 Å². The highest BCUT2D eigenvalue weighted by Gasteiger charge is 2.47. The van der Waals surface area contributed by atoms with Crippen LogP contribution < -0.4 is 5.32 Å². The maximum absolute atomic E-state index is 13.5. The molecule has 0 aliphatic carbocycles. The summed E-state index contributed by atoms with van der Waals surface area (Å²) in [5.41, 5.74) is 0. The molecule has 8 unspecified atom stereocenters. The molecule has 8 atom stereocenters. The summed E-state index contributed by atoms with van der Waals surface area (Å²) in [7, 11) is 0. The standard InChI is InChI=1S/C78H137NO10/c1-4-7-10-13-16-19-22-24-26-28-30-32-34-36-38-40-42-44-46-48-51-54-57-60-63-66-73(83)89-76-75(85)74(84)72(67-80)88-78(76)87-68-69(70(81)64-61-58-55-52-49-21-18-15-12-9-6-3)79-77(86)71(82)65-62-59-56-53-50-47-45-43-41-39-37-35-33-31-29-27-25-23-20-17-14-11-8-5-2/h16-17,19-20,24-27,30-33,37,39,61,64,69-72,74-76,78,80-82,84-85H,4-15,18,21-23,28-29,34-36,38,40-60,62-63,65-68H2,1-3H3,(H,79,86)/b19-16-,20-17-,26-24-,27-25-,32-30-,33-31-,39-37-,64-61+. The van der Waals surface area contributed by atoms with Gasteiger partial charge in [0, 0.05) is 6.42 Å². The number of unbranched alkanes of at least 4 members (excludes halogenated alkanes) is 35. The van der Waals surface area contributed by atoms with E-state index in [1.807, 2.05) is 6.08 Å². The SMILES string of the molecule is CCCCC/C=C\C/C=C\C/C=C\C/C=C\CCCCCCCCCCC(O)C(=O)NC(COC1OC(CO)C(O)C(O)C1OC(=O)CCCCCCCCCCCCCC/C=C\C/C=C\C/C=C\CCCCC)C(O)/C=C/CCCCCCCCCCC. The number of rotatable bonds is 63. The molecule has 1 fully saturated rings. The van der Waals surface area contributed by atoms with E-state index in [1.54, 1.807) is 6.08 Å². The molecule has 0 saturated carbocycles. The predicted octanol–water partition coefficient (Wildman–Crippen LogP) is 19.4. The number of carbonyl (C=O) groups excluding carboxylic acids is 2. The average Bonchev–Trinajstić information content (AvgIpc) is 3.72. The molecule has 1 aliphatic rings. The van der Waals surface area contributed by atoms with Crippen molar-refractivity contribution in [3.05, 3.63) is 97.2 Å². The molecule has 1 heterocycles. The van der Waals surface area contributed by atoms with Crippen molar-refractivity contribution in [2.75, 3.05) is 13.2 Å². The fourth-order valence-corrected chi connectivity index (χ4v) is 11.1. The molecule has 6 N–H and O–H groups in total. The van der Waals surface area contributed by atoms with Crippen molar-refractivity contribution in [1.82, 2.24) is 5.32 Å². The van der Waals surface area contributed by atoms with Crippen LogP contribution in [0, 0.1) is 0 Å². The van der Waals surface area contributed by atoms with Crippen LogP contribution in [0.3, 0.4) is 0 Å². The van der Waals surface area contributed by atoms with Crippen LogP contribution in [-0.4, -0.2) is 99.6 Å². The lowest BCUT2D eigenvalue weighted by Gasteiger charge is -2.41. The molecule has 0 radical (unpaired) electrons. The number of allylic oxidation sites excluding steroid dienone is 15. The summed E-state index contributed by atoms with van der Waals surface area (Å²) in [6.45, 7) is 5.75. The van der Waals surface area contributed by atoms with Gasteiger partial charge in [0.2, 0.25) is 5.91 Å². The monoisotopic (exact) mass is 1250 g/mol. The predicted molar refractivity (Wildman–Crippen MR) is 375 cm³/mol. The Hall–Kier alpha value is -3.42. The van der Waals surface area contributed by atoms with E-state index in [0.29, 0.717) is 12.8 Å². The van der Waals surface area contributed by atoms with Gasteiger partial charge in [-0.1, -0.05) is 304 Å². The number of amides is 1. The number of esters is 1. The van der Waals surface area contributed by atoms with Crippen LogP contribution >= 0.6 is 0 Å². The first-order valence-electron chi connectivity index (χ1n) is 37.0. The third kappa shape index (κ3) is 51.7. The molecule has 0 spiro atoms. The van der Waals surface area contributed by atoms with Crippen LogP contribution in [0.2, 0.25) is 0 Å². The third-order valence-electron chi connectivity index (χ3n) is 17.0. The lowest BCUT2D eigenvalue weighted by molar-refractivity contribution is -0.305. The van der Waals surface area contributed by atoms with E-state index in [2.05, 4.69) is 111 Å². The second-order valence-electron chi connectivity index (χ2n) is 25.3. The molecule has 514 valence electrons. The van der Waals surface area contributed by atoms with E-state index in [0.717, 1.165) is 96.3 Å². The first kappa shape index (κ1) is 83.6. The molecule has 0 aromatic carbocycles. The lowest BCUT2D eigenvalue weighted by atomic mass is 9.99. The smallest absolute Gasteiger partial charge is 0.306 e. The Kier molecular flexibility index (Phi) is 60.7. The first-order chi connectivity index (χ1) is 43.7. The topological polar surface area (TPSA) is 175 Å². The van der Waals surface area contributed by atoms with Crippen LogP contribution in [0.5, 0.6) is 0 Å². The van der Waals surface area contributed by atoms with Crippen molar-refractivity contribution >= 4 is 11.9 Å². The quantitative estimate of drug-likeness (QED) is 0.0195. The Morgan fingerprint density at radius 1 is 0.438 bits per heavy atom. The number of carbonyl (C=O) groups is 2. The van der Waals surface area contributed by atoms with Gasteiger partial charge in [-0.15, -0.1) is 0 Å². The van der Waals surface area contributed by atoms with Gasteiger partial charge in [0.05, 0.1) is 25.4 Å². The van der Waals surface area contributed by atoms with E-state index < -0.39 is 67.4 Å². The summed E-state index contributed by atoms with van der Waals surface area (Å²) < 4.78 is 17.7. The van der Waals surface area contributed by atoms with Crippen molar-refractivity contribution in [2.24, 2.45) is 0 Å². The molecule has 89 heavy (non-hydrogen) atoms. The second kappa shape index (κ2) is 64.7. The zero-order valence-electron chi connectivity index (χ0n) is 57.3. The van der Waals surface area contributed by atoms with Gasteiger partial charge in [-0.25, -0.2) is 0 Å². The Morgan fingerprint density at radius 2 is 0.775 bits per heavy atom. The molecule has 11 nitrogen and oxygen atoms in total. The molecule has 1 aliphatic heterocycles. The Bertz CT molecular complexity index is 1820. The molecule has 0 aromatic rings. The molecule has 11 heteroatoms. The summed E-state index contributed by atoms with van der Waals surface area (Å²) in [6.07, 6.45) is 77.3. The van der Waals surface area contributed by atoms with Gasteiger partial charge in [-0.2, -0.15) is 0 Å². The minimum absolute atomic E-state index is 0.117. The highest BCUT2D eigenvalue weighted by Crippen LogP contribution is 2.26. The van der Waals surface area contributed by atoms with E-state index in [1.165, 1.54) is 180 Å². The van der Waals surface area contributed by atoms with Crippen molar-refractivity contribution < 1.29 is 49.3 Å². The zero-order valence-corrected chi connectivity index (χ0v) is 57.3. The fourth-order valence-electron chi connectivity index (χ4n) is 11.1.